The van der Waals surface area contributed by atoms with Crippen molar-refractivity contribution in [3.63, 3.8) is 0 Å². The average Bonchev–Trinajstić information content (AvgIpc) is 3.09. The van der Waals surface area contributed by atoms with Gasteiger partial charge in [-0.1, -0.05) is 204 Å². The van der Waals surface area contributed by atoms with E-state index < -0.39 is 12.2 Å². The number of benzene rings is 2. The van der Waals surface area contributed by atoms with Crippen LogP contribution in [0.3, 0.4) is 0 Å². The second-order valence-electron chi connectivity index (χ2n) is 15.3. The molecule has 4 nitrogen and oxygen atoms in total. The van der Waals surface area contributed by atoms with Crippen LogP contribution in [0.4, 0.5) is 0 Å². The third kappa shape index (κ3) is 22.7. The van der Waals surface area contributed by atoms with Gasteiger partial charge in [0.25, 0.3) is 0 Å². The number of hydrogen-bond acceptors (Lipinski definition) is 4. The number of esters is 2. The van der Waals surface area contributed by atoms with E-state index in [1.807, 2.05) is 60.7 Å². The minimum absolute atomic E-state index is 0.0927. The lowest BCUT2D eigenvalue weighted by atomic mass is 10.0. The van der Waals surface area contributed by atoms with Gasteiger partial charge in [0.15, 0.2) is 6.10 Å². The van der Waals surface area contributed by atoms with Crippen LogP contribution in [0.1, 0.15) is 193 Å². The molecule has 0 fully saturated rings. The Kier molecular flexibility index (Phi) is 24.4. The third-order valence-corrected chi connectivity index (χ3v) is 9.62. The van der Waals surface area contributed by atoms with Gasteiger partial charge >= 0.3 is 11.9 Å². The highest BCUT2D eigenvalue weighted by molar-refractivity contribution is 5.73. The van der Waals surface area contributed by atoms with Crippen molar-refractivity contribution in [3.05, 3.63) is 71.8 Å². The quantitative estimate of drug-likeness (QED) is 0.0610. The van der Waals surface area contributed by atoms with Crippen LogP contribution in [0.5, 0.6) is 0 Å². The van der Waals surface area contributed by atoms with Gasteiger partial charge in [0, 0.05) is 6.42 Å². The Morgan fingerprint density at radius 3 is 1.22 bits per heavy atom. The maximum Gasteiger partial charge on any atom is 0.310 e. The van der Waals surface area contributed by atoms with Gasteiger partial charge in [-0.2, -0.15) is 0 Å². The molecule has 0 unspecified atom stereocenters. The lowest BCUT2D eigenvalue weighted by molar-refractivity contribution is -0.157. The summed E-state index contributed by atoms with van der Waals surface area (Å²) in [6, 6.07) is 19.7. The summed E-state index contributed by atoms with van der Waals surface area (Å²) in [5, 5.41) is 0. The Balaban J connectivity index is 1.78. The topological polar surface area (TPSA) is 52.6 Å². The van der Waals surface area contributed by atoms with Crippen molar-refractivity contribution in [1.82, 2.24) is 0 Å². The molecule has 0 aliphatic heterocycles. The number of carbonyl (C=O) groups excluding carboxylic acids is 2. The normalized spacial score (nSPS) is 12.1. The zero-order valence-electron chi connectivity index (χ0n) is 32.0. The van der Waals surface area contributed by atoms with E-state index in [4.69, 9.17) is 9.47 Å². The van der Waals surface area contributed by atoms with Crippen molar-refractivity contribution in [2.75, 3.05) is 0 Å². The second-order valence-corrected chi connectivity index (χ2v) is 15.3. The maximum atomic E-state index is 13.4. The first kappa shape index (κ1) is 42.5. The van der Waals surface area contributed by atoms with Crippen molar-refractivity contribution >= 4 is 11.9 Å². The highest BCUT2D eigenvalue weighted by atomic mass is 16.6. The molecule has 49 heavy (non-hydrogen) atoms. The highest BCUT2D eigenvalue weighted by Gasteiger charge is 2.24. The molecule has 2 rings (SSSR count). The molecule has 2 aromatic carbocycles. The summed E-state index contributed by atoms with van der Waals surface area (Å²) in [4.78, 5) is 26.3. The lowest BCUT2D eigenvalue weighted by Gasteiger charge is -2.22. The van der Waals surface area contributed by atoms with Crippen LogP contribution in [0, 0.1) is 11.8 Å². The van der Waals surface area contributed by atoms with Crippen molar-refractivity contribution in [2.24, 2.45) is 11.8 Å². The molecule has 4 heteroatoms. The molecule has 0 aliphatic carbocycles. The van der Waals surface area contributed by atoms with E-state index in [0.29, 0.717) is 12.8 Å². The SMILES string of the molecule is CC(C)CCCCCCCCCCCC(=O)O[C@H](CCCCCCCCCCCC(C)C)CC(=O)OC(c1ccccc1)c1ccccc1. The fourth-order valence-corrected chi connectivity index (χ4v) is 6.62. The molecule has 0 aromatic heterocycles. The molecule has 276 valence electrons. The fourth-order valence-electron chi connectivity index (χ4n) is 6.62. The van der Waals surface area contributed by atoms with Gasteiger partial charge in [0.2, 0.25) is 0 Å². The minimum Gasteiger partial charge on any atom is -0.462 e. The van der Waals surface area contributed by atoms with Gasteiger partial charge in [0.05, 0.1) is 6.42 Å². The van der Waals surface area contributed by atoms with Crippen LogP contribution >= 0.6 is 0 Å². The Hall–Kier alpha value is -2.62. The summed E-state index contributed by atoms with van der Waals surface area (Å²) in [5.41, 5.74) is 1.86. The van der Waals surface area contributed by atoms with Crippen molar-refractivity contribution in [3.8, 4) is 0 Å². The lowest BCUT2D eigenvalue weighted by Crippen LogP contribution is -2.24. The van der Waals surface area contributed by atoms with Gasteiger partial charge < -0.3 is 9.47 Å². The van der Waals surface area contributed by atoms with Gasteiger partial charge in [-0.15, -0.1) is 0 Å². The average molecular weight is 677 g/mol. The molecule has 0 radical (unpaired) electrons. The Bertz CT molecular complexity index is 1020. The zero-order chi connectivity index (χ0) is 35.4. The molecule has 0 bridgehead atoms. The van der Waals surface area contributed by atoms with Gasteiger partial charge in [-0.05, 0) is 42.2 Å². The van der Waals surface area contributed by atoms with Crippen LogP contribution in [0.15, 0.2) is 60.7 Å². The van der Waals surface area contributed by atoms with Gasteiger partial charge in [-0.3, -0.25) is 9.59 Å². The number of ether oxygens (including phenoxy) is 2. The van der Waals surface area contributed by atoms with Crippen LogP contribution in [-0.4, -0.2) is 18.0 Å². The molecular weight excluding hydrogens is 604 g/mol. The largest absolute Gasteiger partial charge is 0.462 e. The van der Waals surface area contributed by atoms with Gasteiger partial charge in [0.1, 0.15) is 6.10 Å². The number of hydrogen-bond donors (Lipinski definition) is 0. The van der Waals surface area contributed by atoms with E-state index in [9.17, 15) is 9.59 Å². The molecule has 0 spiro atoms. The number of unbranched alkanes of at least 4 members (excludes halogenated alkanes) is 16. The van der Waals surface area contributed by atoms with Crippen molar-refractivity contribution in [2.45, 2.75) is 188 Å². The predicted octanol–water partition coefficient (Wildman–Crippen LogP) is 13.5. The van der Waals surface area contributed by atoms with E-state index in [1.165, 1.54) is 103 Å². The molecule has 0 saturated heterocycles. The molecule has 0 N–H and O–H groups in total. The number of rotatable bonds is 30. The van der Waals surface area contributed by atoms with Gasteiger partial charge in [-0.25, -0.2) is 0 Å². The summed E-state index contributed by atoms with van der Waals surface area (Å²) in [6.07, 6.45) is 25.2. The molecule has 0 heterocycles. The minimum atomic E-state index is -0.489. The van der Waals surface area contributed by atoms with Crippen LogP contribution < -0.4 is 0 Å². The van der Waals surface area contributed by atoms with Crippen LogP contribution in [0.2, 0.25) is 0 Å². The summed E-state index contributed by atoms with van der Waals surface area (Å²) in [5.74, 6) is 1.13. The summed E-state index contributed by atoms with van der Waals surface area (Å²) in [6.45, 7) is 9.22. The monoisotopic (exact) mass is 677 g/mol. The Morgan fingerprint density at radius 2 is 0.816 bits per heavy atom. The summed E-state index contributed by atoms with van der Waals surface area (Å²) in [7, 11) is 0. The van der Waals surface area contributed by atoms with Crippen LogP contribution in [0.25, 0.3) is 0 Å². The van der Waals surface area contributed by atoms with E-state index in [1.54, 1.807) is 0 Å². The highest BCUT2D eigenvalue weighted by Crippen LogP contribution is 2.27. The molecule has 2 aromatic rings. The standard InChI is InChI=1S/C45H72O4/c1-38(2)29-21-15-11-7-5-9-13-17-27-35-42(48-43(46)36-28-18-14-10-6-8-12-16-22-30-39(3)4)37-44(47)49-45(40-31-23-19-24-32-40)41-33-25-20-26-34-41/h19-20,23-26,31-34,38-39,42,45H,5-18,21-22,27-30,35-37H2,1-4H3/t42-/m1/s1. The Morgan fingerprint density at radius 1 is 0.449 bits per heavy atom. The first-order valence-corrected chi connectivity index (χ1v) is 20.3. The van der Waals surface area contributed by atoms with Crippen molar-refractivity contribution < 1.29 is 19.1 Å². The van der Waals surface area contributed by atoms with Crippen LogP contribution in [-0.2, 0) is 19.1 Å². The molecule has 0 saturated carbocycles. The maximum absolute atomic E-state index is 13.4. The molecule has 0 aliphatic rings. The smallest absolute Gasteiger partial charge is 0.310 e. The number of carbonyl (C=O) groups is 2. The van der Waals surface area contributed by atoms with Crippen molar-refractivity contribution in [1.29, 1.82) is 0 Å². The summed E-state index contributed by atoms with van der Waals surface area (Å²) < 4.78 is 12.1. The Labute approximate surface area is 301 Å². The first-order chi connectivity index (χ1) is 23.8. The fraction of sp³-hybridized carbons (Fsp3) is 0.689. The third-order valence-electron chi connectivity index (χ3n) is 9.62. The zero-order valence-corrected chi connectivity index (χ0v) is 32.0. The second kappa shape index (κ2) is 28.1. The van der Waals surface area contributed by atoms with E-state index >= 15 is 0 Å². The predicted molar refractivity (Wildman–Crippen MR) is 207 cm³/mol. The van der Waals surface area contributed by atoms with E-state index in [0.717, 1.165) is 48.6 Å². The summed E-state index contributed by atoms with van der Waals surface area (Å²) >= 11 is 0. The molecule has 1 atom stereocenters. The van der Waals surface area contributed by atoms with E-state index in [-0.39, 0.29) is 18.4 Å². The molecular formula is C45H72O4. The van der Waals surface area contributed by atoms with E-state index in [2.05, 4.69) is 27.7 Å². The first-order valence-electron chi connectivity index (χ1n) is 20.3. The molecule has 0 amide bonds.